The third kappa shape index (κ3) is 2.79. The van der Waals surface area contributed by atoms with E-state index in [1.165, 1.54) is 0 Å². The molecule has 5 nitrogen and oxygen atoms in total. The Morgan fingerprint density at radius 1 is 1.04 bits per heavy atom. The molecule has 0 saturated heterocycles. The van der Waals surface area contributed by atoms with Gasteiger partial charge in [-0.25, -0.2) is 4.18 Å². The van der Waals surface area contributed by atoms with Crippen LogP contribution in [-0.2, 0) is 19.4 Å². The van der Waals surface area contributed by atoms with E-state index in [0.29, 0.717) is 35.9 Å². The van der Waals surface area contributed by atoms with Gasteiger partial charge in [0.1, 0.15) is 5.78 Å². The van der Waals surface area contributed by atoms with Crippen molar-refractivity contribution in [3.63, 3.8) is 0 Å². The van der Waals surface area contributed by atoms with Crippen LogP contribution in [0.15, 0.2) is 0 Å². The minimum absolute atomic E-state index is 0.0877. The lowest BCUT2D eigenvalue weighted by atomic mass is 9.45. The van der Waals surface area contributed by atoms with Crippen LogP contribution >= 0.6 is 0 Å². The van der Waals surface area contributed by atoms with Gasteiger partial charge in [0.25, 0.3) is 0 Å². The lowest BCUT2D eigenvalue weighted by molar-refractivity contribution is -0.141. The molecule has 0 spiro atoms. The number of carbonyl (C=O) groups is 1. The zero-order chi connectivity index (χ0) is 18.0. The monoisotopic (exact) mass is 370 g/mol. The second-order valence-corrected chi connectivity index (χ2v) is 10.5. The highest BCUT2D eigenvalue weighted by Crippen LogP contribution is 2.65. The molecule has 1 N–H and O–H groups in total. The summed E-state index contributed by atoms with van der Waals surface area (Å²) in [5.41, 5.74) is 0.130. The van der Waals surface area contributed by atoms with Crippen molar-refractivity contribution in [1.82, 2.24) is 0 Å². The molecule has 0 unspecified atom stereocenters. The maximum absolute atomic E-state index is 12.4. The number of carbonyl (C=O) groups excluding carboxylic acids is 1. The third-order valence-corrected chi connectivity index (χ3v) is 9.10. The van der Waals surface area contributed by atoms with Crippen molar-refractivity contribution in [2.24, 2.45) is 34.5 Å². The number of hydrogen-bond acceptors (Lipinski definition) is 4. The normalized spacial score (nSPS) is 50.0. The lowest BCUT2D eigenvalue weighted by Gasteiger charge is -2.60. The summed E-state index contributed by atoms with van der Waals surface area (Å²) in [7, 11) is -4.37. The van der Waals surface area contributed by atoms with Gasteiger partial charge in [0.15, 0.2) is 0 Å². The summed E-state index contributed by atoms with van der Waals surface area (Å²) >= 11 is 0. The topological polar surface area (TPSA) is 80.7 Å². The summed E-state index contributed by atoms with van der Waals surface area (Å²) in [4.78, 5) is 12.4. The van der Waals surface area contributed by atoms with E-state index in [1.54, 1.807) is 0 Å². The second kappa shape index (κ2) is 5.77. The highest BCUT2D eigenvalue weighted by Gasteiger charge is 2.60. The first-order chi connectivity index (χ1) is 11.6. The molecule has 0 radical (unpaired) electrons. The van der Waals surface area contributed by atoms with Crippen molar-refractivity contribution in [2.45, 2.75) is 77.7 Å². The molecule has 0 bridgehead atoms. The van der Waals surface area contributed by atoms with Gasteiger partial charge < -0.3 is 0 Å². The van der Waals surface area contributed by atoms with E-state index in [4.69, 9.17) is 8.74 Å². The number of fused-ring (bicyclic) bond motifs is 5. The molecule has 0 heterocycles. The molecule has 4 saturated carbocycles. The van der Waals surface area contributed by atoms with Gasteiger partial charge in [0.2, 0.25) is 0 Å². The first-order valence-corrected chi connectivity index (χ1v) is 11.2. The van der Waals surface area contributed by atoms with Crippen LogP contribution < -0.4 is 0 Å². The summed E-state index contributed by atoms with van der Waals surface area (Å²) < 4.78 is 36.0. The molecular formula is C19H30O5S. The van der Waals surface area contributed by atoms with Crippen molar-refractivity contribution >= 4 is 16.2 Å². The Balaban J connectivity index is 1.54. The predicted molar refractivity (Wildman–Crippen MR) is 93.2 cm³/mol. The smallest absolute Gasteiger partial charge is 0.299 e. The number of hydrogen-bond donors (Lipinski definition) is 1. The van der Waals surface area contributed by atoms with E-state index >= 15 is 0 Å². The van der Waals surface area contributed by atoms with Crippen LogP contribution in [0.4, 0.5) is 0 Å². The van der Waals surface area contributed by atoms with Crippen LogP contribution in [0.3, 0.4) is 0 Å². The van der Waals surface area contributed by atoms with E-state index in [0.717, 1.165) is 51.4 Å². The molecule has 4 aliphatic rings. The molecule has 0 aromatic carbocycles. The quantitative estimate of drug-likeness (QED) is 0.748. The maximum Gasteiger partial charge on any atom is 0.397 e. The maximum atomic E-state index is 12.4. The van der Waals surface area contributed by atoms with Gasteiger partial charge in [0, 0.05) is 11.8 Å². The molecule has 142 valence electrons. The van der Waals surface area contributed by atoms with Gasteiger partial charge >= 0.3 is 10.4 Å². The Labute approximate surface area is 150 Å². The van der Waals surface area contributed by atoms with Crippen LogP contribution in [0.25, 0.3) is 0 Å². The number of rotatable bonds is 2. The predicted octanol–water partition coefficient (Wildman–Crippen LogP) is 3.79. The van der Waals surface area contributed by atoms with Crippen LogP contribution in [-0.4, -0.2) is 24.9 Å². The molecule has 25 heavy (non-hydrogen) atoms. The zero-order valence-corrected chi connectivity index (χ0v) is 16.1. The highest BCUT2D eigenvalue weighted by molar-refractivity contribution is 7.80. The van der Waals surface area contributed by atoms with Crippen molar-refractivity contribution in [1.29, 1.82) is 0 Å². The minimum Gasteiger partial charge on any atom is -0.299 e. The zero-order valence-electron chi connectivity index (χ0n) is 15.2. The SMILES string of the molecule is C[C@]12CC[C@@H](OS(=O)(=O)O)C[C@@H]1CC[C@H]1[C@H]2CC[C@]2(C)C(=O)CC[C@H]12. The van der Waals surface area contributed by atoms with Gasteiger partial charge in [-0.1, -0.05) is 13.8 Å². The third-order valence-electron chi connectivity index (χ3n) is 8.58. The van der Waals surface area contributed by atoms with Gasteiger partial charge in [-0.3, -0.25) is 9.35 Å². The summed E-state index contributed by atoms with van der Waals surface area (Å²) in [5.74, 6) is 2.76. The van der Waals surface area contributed by atoms with Crippen LogP contribution in [0, 0.1) is 34.5 Å². The first-order valence-electron chi connectivity index (χ1n) is 9.82. The Bertz CT molecular complexity index is 673. The molecule has 4 rings (SSSR count). The molecule has 0 aromatic heterocycles. The van der Waals surface area contributed by atoms with Crippen molar-refractivity contribution < 1.29 is 21.9 Å². The molecule has 0 aromatic rings. The van der Waals surface area contributed by atoms with E-state index in [9.17, 15) is 13.2 Å². The first kappa shape index (κ1) is 17.9. The molecule has 4 fully saturated rings. The van der Waals surface area contributed by atoms with E-state index < -0.39 is 10.4 Å². The summed E-state index contributed by atoms with van der Waals surface area (Å²) in [6, 6.07) is 0. The molecular weight excluding hydrogens is 340 g/mol. The van der Waals surface area contributed by atoms with Crippen molar-refractivity contribution in [3.05, 3.63) is 0 Å². The van der Waals surface area contributed by atoms with E-state index in [2.05, 4.69) is 13.8 Å². The Hall–Kier alpha value is -0.460. The molecule has 0 amide bonds. The highest BCUT2D eigenvalue weighted by atomic mass is 32.3. The summed E-state index contributed by atoms with van der Waals surface area (Å²) in [6.07, 6.45) is 8.19. The molecule has 4 aliphatic carbocycles. The summed E-state index contributed by atoms with van der Waals surface area (Å²) in [6.45, 7) is 4.59. The average Bonchev–Trinajstić information content (AvgIpc) is 2.82. The molecule has 0 aliphatic heterocycles. The fourth-order valence-electron chi connectivity index (χ4n) is 7.25. The second-order valence-electron chi connectivity index (χ2n) is 9.50. The van der Waals surface area contributed by atoms with Gasteiger partial charge in [0.05, 0.1) is 6.10 Å². The lowest BCUT2D eigenvalue weighted by Crippen LogP contribution is -2.54. The van der Waals surface area contributed by atoms with Crippen LogP contribution in [0.5, 0.6) is 0 Å². The molecule has 6 heteroatoms. The fraction of sp³-hybridized carbons (Fsp3) is 0.947. The number of Topliss-reactive ketones (excluding diaryl/α,β-unsaturated/α-hetero) is 1. The van der Waals surface area contributed by atoms with E-state index in [1.807, 2.05) is 0 Å². The average molecular weight is 371 g/mol. The van der Waals surface area contributed by atoms with Gasteiger partial charge in [-0.15, -0.1) is 0 Å². The Morgan fingerprint density at radius 3 is 2.52 bits per heavy atom. The van der Waals surface area contributed by atoms with Crippen LogP contribution in [0.1, 0.15) is 71.6 Å². The fourth-order valence-corrected chi connectivity index (χ4v) is 7.77. The van der Waals surface area contributed by atoms with E-state index in [-0.39, 0.29) is 16.9 Å². The molecule has 7 atom stereocenters. The Morgan fingerprint density at radius 2 is 1.80 bits per heavy atom. The van der Waals surface area contributed by atoms with Crippen LogP contribution in [0.2, 0.25) is 0 Å². The largest absolute Gasteiger partial charge is 0.397 e. The van der Waals surface area contributed by atoms with Crippen molar-refractivity contribution in [2.75, 3.05) is 0 Å². The van der Waals surface area contributed by atoms with Gasteiger partial charge in [-0.2, -0.15) is 8.42 Å². The van der Waals surface area contributed by atoms with Gasteiger partial charge in [-0.05, 0) is 80.5 Å². The standard InChI is InChI=1S/C19H30O5S/c1-18-9-7-13(24-25(21,22)23)11-12(18)3-4-14-15-5-6-17(20)19(15,2)10-8-16(14)18/h12-16H,3-11H2,1-2H3,(H,21,22,23)/t12-,13+,14+,15+,16+,18-,19-/m0/s1. The number of ketones is 1. The summed E-state index contributed by atoms with van der Waals surface area (Å²) in [5, 5.41) is 0. The van der Waals surface area contributed by atoms with Crippen molar-refractivity contribution in [3.8, 4) is 0 Å². The minimum atomic E-state index is -4.37. The Kier molecular flexibility index (Phi) is 4.14.